The van der Waals surface area contributed by atoms with Crippen LogP contribution in [0.3, 0.4) is 0 Å². The lowest BCUT2D eigenvalue weighted by Gasteiger charge is -2.26. The van der Waals surface area contributed by atoms with Gasteiger partial charge in [-0.3, -0.25) is 24.1 Å². The fraction of sp³-hybridized carbons (Fsp3) is 0.344. The van der Waals surface area contributed by atoms with Crippen molar-refractivity contribution in [1.29, 1.82) is 0 Å². The molecule has 4 aromatic heterocycles. The van der Waals surface area contributed by atoms with Gasteiger partial charge >= 0.3 is 0 Å². The molecule has 1 amide bonds. The Bertz CT molecular complexity index is 1880. The zero-order valence-electron chi connectivity index (χ0n) is 24.5. The number of hydrogen-bond acceptors (Lipinski definition) is 6. The van der Waals surface area contributed by atoms with Gasteiger partial charge in [0.2, 0.25) is 5.91 Å². The summed E-state index contributed by atoms with van der Waals surface area (Å²) in [7, 11) is 0. The van der Waals surface area contributed by atoms with Crippen molar-refractivity contribution in [3.63, 3.8) is 0 Å². The molecule has 228 valence electrons. The van der Waals surface area contributed by atoms with Gasteiger partial charge in [-0.15, -0.1) is 0 Å². The Labute approximate surface area is 256 Å². The van der Waals surface area contributed by atoms with Crippen LogP contribution in [0.2, 0.25) is 5.02 Å². The third-order valence-electron chi connectivity index (χ3n) is 8.44. The molecule has 0 N–H and O–H groups in total. The van der Waals surface area contributed by atoms with Gasteiger partial charge < -0.3 is 9.64 Å². The number of nitrogens with zero attached hydrogens (tertiary/aromatic N) is 5. The van der Waals surface area contributed by atoms with Crippen LogP contribution in [0, 0.1) is 31.3 Å². The van der Waals surface area contributed by atoms with E-state index in [4.69, 9.17) is 16.3 Å². The maximum atomic E-state index is 16.3. The molecular weight excluding hydrogens is 595 g/mol. The van der Waals surface area contributed by atoms with Crippen LogP contribution in [0.4, 0.5) is 13.2 Å². The second kappa shape index (κ2) is 11.0. The number of halogens is 4. The predicted octanol–water partition coefficient (Wildman–Crippen LogP) is 6.04. The first-order valence-corrected chi connectivity index (χ1v) is 14.5. The van der Waals surface area contributed by atoms with Crippen LogP contribution in [0.5, 0.6) is 5.88 Å². The van der Waals surface area contributed by atoms with E-state index in [0.717, 1.165) is 16.3 Å². The molecule has 4 aromatic rings. The highest BCUT2D eigenvalue weighted by molar-refractivity contribution is 6.31. The third-order valence-corrected chi connectivity index (χ3v) is 8.82. The predicted molar refractivity (Wildman–Crippen MR) is 158 cm³/mol. The summed E-state index contributed by atoms with van der Waals surface area (Å²) in [5.41, 5.74) is -0.0759. The van der Waals surface area contributed by atoms with E-state index in [-0.39, 0.29) is 52.1 Å². The monoisotopic (exact) mass is 623 g/mol. The zero-order chi connectivity index (χ0) is 31.5. The Morgan fingerprint density at radius 3 is 2.57 bits per heavy atom. The third kappa shape index (κ3) is 5.23. The molecule has 2 fully saturated rings. The Balaban J connectivity index is 1.36. The fourth-order valence-corrected chi connectivity index (χ4v) is 6.32. The topological polar surface area (TPSA) is 90.2 Å². The van der Waals surface area contributed by atoms with Crippen molar-refractivity contribution < 1.29 is 22.7 Å². The first kappa shape index (κ1) is 29.8. The smallest absolute Gasteiger partial charge is 0.274 e. The van der Waals surface area contributed by atoms with Gasteiger partial charge in [0.15, 0.2) is 11.6 Å². The number of rotatable bonds is 6. The van der Waals surface area contributed by atoms with Crippen molar-refractivity contribution >= 4 is 17.5 Å². The van der Waals surface area contributed by atoms with Gasteiger partial charge in [-0.25, -0.2) is 18.2 Å². The summed E-state index contributed by atoms with van der Waals surface area (Å²) in [5.74, 6) is -2.88. The number of carbonyl (C=O) groups is 1. The van der Waals surface area contributed by atoms with E-state index in [1.165, 1.54) is 31.5 Å². The summed E-state index contributed by atoms with van der Waals surface area (Å²) in [6, 6.07) is 4.43. The van der Waals surface area contributed by atoms with Crippen molar-refractivity contribution in [2.75, 3.05) is 13.1 Å². The van der Waals surface area contributed by atoms with Crippen LogP contribution in [-0.2, 0) is 4.79 Å². The Morgan fingerprint density at radius 1 is 1.09 bits per heavy atom. The standard InChI is InChI=1S/C32H29ClF3N5O3/c1-16-12-39-28(21-5-7-38-30(26(21)35)44-32(4)6-8-40(15-32)18(3)42)27(36)29(16)41-17(2)9-24(25(33)31(41)43)23-11-22(23)19-10-20(34)14-37-13-19/h5,7,9-10,12-14,22-23H,6,8,11,15H2,1-4H3/t22-,23+,32?/m1/s1. The first-order valence-electron chi connectivity index (χ1n) is 14.2. The molecule has 44 heavy (non-hydrogen) atoms. The summed E-state index contributed by atoms with van der Waals surface area (Å²) in [6.07, 6.45) is 6.51. The molecule has 2 aliphatic rings. The average molecular weight is 624 g/mol. The summed E-state index contributed by atoms with van der Waals surface area (Å²) in [6.45, 7) is 7.19. The molecular formula is C32H29ClF3N5O3. The number of pyridine rings is 4. The summed E-state index contributed by atoms with van der Waals surface area (Å²) >= 11 is 6.60. The van der Waals surface area contributed by atoms with Crippen molar-refractivity contribution in [3.05, 3.63) is 98.2 Å². The van der Waals surface area contributed by atoms with Crippen LogP contribution < -0.4 is 10.3 Å². The Kier molecular flexibility index (Phi) is 7.47. The van der Waals surface area contributed by atoms with Gasteiger partial charge in [-0.2, -0.15) is 0 Å². The summed E-state index contributed by atoms with van der Waals surface area (Å²) in [5, 5.41) is -0.0696. The number of hydrogen-bond donors (Lipinski definition) is 0. The number of likely N-dealkylation sites (tertiary alicyclic amines) is 1. The molecule has 5 heterocycles. The molecule has 1 saturated carbocycles. The van der Waals surface area contributed by atoms with Gasteiger partial charge in [0.05, 0.1) is 18.4 Å². The quantitative estimate of drug-likeness (QED) is 0.260. The molecule has 0 bridgehead atoms. The molecule has 1 aliphatic carbocycles. The molecule has 0 aromatic carbocycles. The number of carbonyl (C=O) groups excluding carboxylic acids is 1. The van der Waals surface area contributed by atoms with Gasteiger partial charge in [0.1, 0.15) is 22.1 Å². The highest BCUT2D eigenvalue weighted by Gasteiger charge is 2.42. The Morgan fingerprint density at radius 2 is 1.86 bits per heavy atom. The zero-order valence-corrected chi connectivity index (χ0v) is 25.3. The Hall–Kier alpha value is -4.25. The molecule has 0 radical (unpaired) electrons. The van der Waals surface area contributed by atoms with Gasteiger partial charge in [-0.05, 0) is 73.9 Å². The number of ether oxygens (including phenoxy) is 1. The van der Waals surface area contributed by atoms with Gasteiger partial charge in [-0.1, -0.05) is 11.6 Å². The minimum absolute atomic E-state index is 0.0422. The normalized spacial score (nSPS) is 21.0. The van der Waals surface area contributed by atoms with E-state index in [2.05, 4.69) is 15.0 Å². The van der Waals surface area contributed by atoms with Crippen LogP contribution in [0.25, 0.3) is 16.9 Å². The molecule has 1 saturated heterocycles. The van der Waals surface area contributed by atoms with E-state index in [1.807, 2.05) is 0 Å². The van der Waals surface area contributed by atoms with Crippen molar-refractivity contribution in [2.45, 2.75) is 58.0 Å². The van der Waals surface area contributed by atoms with Crippen LogP contribution in [-0.4, -0.2) is 49.0 Å². The molecule has 8 nitrogen and oxygen atoms in total. The molecule has 0 spiro atoms. The van der Waals surface area contributed by atoms with E-state index in [0.29, 0.717) is 36.2 Å². The van der Waals surface area contributed by atoms with E-state index < -0.39 is 28.6 Å². The van der Waals surface area contributed by atoms with E-state index >= 15 is 8.78 Å². The lowest BCUT2D eigenvalue weighted by atomic mass is 10.0. The first-order chi connectivity index (χ1) is 20.9. The highest BCUT2D eigenvalue weighted by Crippen LogP contribution is 2.55. The van der Waals surface area contributed by atoms with E-state index in [9.17, 15) is 14.0 Å². The van der Waals surface area contributed by atoms with E-state index in [1.54, 1.807) is 37.9 Å². The summed E-state index contributed by atoms with van der Waals surface area (Å²) in [4.78, 5) is 39.2. The van der Waals surface area contributed by atoms with Crippen molar-refractivity contribution in [2.24, 2.45) is 0 Å². The SMILES string of the molecule is CC(=O)N1CCC(C)(Oc2nccc(-c3ncc(C)c(-n4c(C)cc([C@H]5C[C@@H]5c5cncc(F)c5)c(Cl)c4=O)c3F)c2F)C1. The van der Waals surface area contributed by atoms with Crippen LogP contribution in [0.1, 0.15) is 60.9 Å². The summed E-state index contributed by atoms with van der Waals surface area (Å²) < 4.78 is 53.0. The van der Waals surface area contributed by atoms with Gasteiger partial charge in [0, 0.05) is 49.7 Å². The lowest BCUT2D eigenvalue weighted by Crippen LogP contribution is -2.38. The highest BCUT2D eigenvalue weighted by atomic mass is 35.5. The van der Waals surface area contributed by atoms with Gasteiger partial charge in [0.25, 0.3) is 11.4 Å². The van der Waals surface area contributed by atoms with Crippen LogP contribution >= 0.6 is 11.6 Å². The molecule has 6 rings (SSSR count). The second-order valence-electron chi connectivity index (χ2n) is 11.8. The second-order valence-corrected chi connectivity index (χ2v) is 12.1. The molecule has 12 heteroatoms. The van der Waals surface area contributed by atoms with Crippen LogP contribution in [0.15, 0.2) is 47.8 Å². The number of aryl methyl sites for hydroxylation is 2. The number of amides is 1. The molecule has 1 aliphatic heterocycles. The molecule has 3 atom stereocenters. The number of aromatic nitrogens is 4. The molecule has 1 unspecified atom stereocenters. The minimum atomic E-state index is -0.917. The average Bonchev–Trinajstić information content (AvgIpc) is 3.67. The maximum Gasteiger partial charge on any atom is 0.274 e. The van der Waals surface area contributed by atoms with Crippen molar-refractivity contribution in [1.82, 2.24) is 24.4 Å². The van der Waals surface area contributed by atoms with Crippen molar-refractivity contribution in [3.8, 4) is 22.8 Å². The minimum Gasteiger partial charge on any atom is -0.467 e. The largest absolute Gasteiger partial charge is 0.467 e. The lowest BCUT2D eigenvalue weighted by molar-refractivity contribution is -0.128. The maximum absolute atomic E-state index is 16.3. The fourth-order valence-electron chi connectivity index (χ4n) is 6.04.